The van der Waals surface area contributed by atoms with E-state index < -0.39 is 0 Å². The molecule has 0 aromatic heterocycles. The maximum Gasteiger partial charge on any atom is 0.0735 e. The summed E-state index contributed by atoms with van der Waals surface area (Å²) in [6, 6.07) is 10.3. The molecule has 1 aromatic carbocycles. The number of hydrogen-bond acceptors (Lipinski definition) is 2. The molecule has 1 aromatic rings. The minimum Gasteiger partial charge on any atom is -0.391 e. The van der Waals surface area contributed by atoms with Gasteiger partial charge < -0.3 is 10.4 Å². The summed E-state index contributed by atoms with van der Waals surface area (Å²) in [7, 11) is 0. The number of piperidine rings is 1. The second kappa shape index (κ2) is 3.90. The zero-order chi connectivity index (χ0) is 9.10. The van der Waals surface area contributed by atoms with E-state index in [9.17, 15) is 5.11 Å². The number of benzene rings is 1. The fourth-order valence-electron chi connectivity index (χ4n) is 1.87. The van der Waals surface area contributed by atoms with E-state index in [2.05, 4.69) is 17.4 Å². The van der Waals surface area contributed by atoms with Crippen molar-refractivity contribution < 1.29 is 5.11 Å². The predicted octanol–water partition coefficient (Wildman–Crippen LogP) is 1.47. The van der Waals surface area contributed by atoms with Crippen LogP contribution in [0.2, 0.25) is 0 Å². The number of aliphatic hydroxyl groups is 1. The fraction of sp³-hybridized carbons (Fsp3) is 0.455. The summed E-state index contributed by atoms with van der Waals surface area (Å²) in [5.41, 5.74) is 1.19. The molecule has 2 N–H and O–H groups in total. The quantitative estimate of drug-likeness (QED) is 0.681. The Morgan fingerprint density at radius 1 is 1.23 bits per heavy atom. The molecule has 70 valence electrons. The van der Waals surface area contributed by atoms with Gasteiger partial charge in [0.05, 0.1) is 12.1 Å². The highest BCUT2D eigenvalue weighted by Gasteiger charge is 2.23. The Kier molecular flexibility index (Phi) is 2.62. The Labute approximate surface area is 78.6 Å². The molecule has 0 bridgehead atoms. The molecule has 2 nitrogen and oxygen atoms in total. The normalized spacial score (nSPS) is 28.7. The van der Waals surface area contributed by atoms with Gasteiger partial charge in [-0.15, -0.1) is 0 Å². The highest BCUT2D eigenvalue weighted by atomic mass is 16.3. The second-order valence-corrected chi connectivity index (χ2v) is 3.55. The van der Waals surface area contributed by atoms with Gasteiger partial charge in [0.25, 0.3) is 0 Å². The maximum absolute atomic E-state index is 9.76. The van der Waals surface area contributed by atoms with E-state index in [4.69, 9.17) is 0 Å². The summed E-state index contributed by atoms with van der Waals surface area (Å²) in [4.78, 5) is 0. The number of nitrogens with one attached hydrogen (secondary N) is 1. The van der Waals surface area contributed by atoms with Gasteiger partial charge in [0, 0.05) is 0 Å². The van der Waals surface area contributed by atoms with Crippen molar-refractivity contribution in [1.82, 2.24) is 5.32 Å². The highest BCUT2D eigenvalue weighted by molar-refractivity contribution is 5.20. The number of hydrogen-bond donors (Lipinski definition) is 2. The lowest BCUT2D eigenvalue weighted by atomic mass is 9.95. The van der Waals surface area contributed by atoms with Gasteiger partial charge in [0.1, 0.15) is 0 Å². The zero-order valence-electron chi connectivity index (χ0n) is 7.61. The van der Waals surface area contributed by atoms with Crippen LogP contribution in [0.15, 0.2) is 30.3 Å². The summed E-state index contributed by atoms with van der Waals surface area (Å²) in [6.07, 6.45) is 1.76. The van der Waals surface area contributed by atoms with Crippen LogP contribution in [0.4, 0.5) is 0 Å². The predicted molar refractivity (Wildman–Crippen MR) is 52.4 cm³/mol. The Bertz CT molecular complexity index is 260. The molecule has 13 heavy (non-hydrogen) atoms. The van der Waals surface area contributed by atoms with Gasteiger partial charge in [-0.1, -0.05) is 30.3 Å². The Balaban J connectivity index is 2.15. The first-order valence-electron chi connectivity index (χ1n) is 4.84. The van der Waals surface area contributed by atoms with E-state index in [-0.39, 0.29) is 12.1 Å². The third kappa shape index (κ3) is 1.90. The van der Waals surface area contributed by atoms with Gasteiger partial charge >= 0.3 is 0 Å². The molecule has 2 rings (SSSR count). The molecule has 0 spiro atoms. The molecule has 0 amide bonds. The molecule has 2 heteroatoms. The largest absolute Gasteiger partial charge is 0.391 e. The van der Waals surface area contributed by atoms with Crippen LogP contribution < -0.4 is 5.32 Å². The molecule has 1 saturated heterocycles. The molecule has 1 heterocycles. The standard InChI is InChI=1S/C11H15NO/c13-10-7-4-8-12-11(10)9-5-2-1-3-6-9/h1-3,5-6,10-13H,4,7-8H2/t10?,11-/m0/s1. The number of aliphatic hydroxyl groups excluding tert-OH is 1. The van der Waals surface area contributed by atoms with Gasteiger partial charge in [-0.25, -0.2) is 0 Å². The first-order chi connectivity index (χ1) is 6.38. The minimum atomic E-state index is -0.226. The van der Waals surface area contributed by atoms with Crippen molar-refractivity contribution in [2.45, 2.75) is 25.0 Å². The fourth-order valence-corrected chi connectivity index (χ4v) is 1.87. The van der Waals surface area contributed by atoms with Gasteiger partial charge in [-0.05, 0) is 24.9 Å². The summed E-state index contributed by atoms with van der Waals surface area (Å²) in [5.74, 6) is 0. The van der Waals surface area contributed by atoms with Gasteiger partial charge in [-0.3, -0.25) is 0 Å². The van der Waals surface area contributed by atoms with Crippen molar-refractivity contribution >= 4 is 0 Å². The Morgan fingerprint density at radius 3 is 2.69 bits per heavy atom. The lowest BCUT2D eigenvalue weighted by molar-refractivity contribution is 0.0965. The maximum atomic E-state index is 9.76. The van der Waals surface area contributed by atoms with Crippen molar-refractivity contribution in [1.29, 1.82) is 0 Å². The molecule has 1 unspecified atom stereocenters. The van der Waals surface area contributed by atoms with Crippen molar-refractivity contribution in [3.63, 3.8) is 0 Å². The van der Waals surface area contributed by atoms with E-state index in [1.165, 1.54) is 5.56 Å². The van der Waals surface area contributed by atoms with E-state index >= 15 is 0 Å². The van der Waals surface area contributed by atoms with Crippen LogP contribution >= 0.6 is 0 Å². The third-order valence-corrected chi connectivity index (χ3v) is 2.58. The molecule has 2 atom stereocenters. The lowest BCUT2D eigenvalue weighted by Crippen LogP contribution is -2.37. The summed E-state index contributed by atoms with van der Waals surface area (Å²) < 4.78 is 0. The summed E-state index contributed by atoms with van der Waals surface area (Å²) in [6.45, 7) is 1.01. The Morgan fingerprint density at radius 2 is 2.00 bits per heavy atom. The third-order valence-electron chi connectivity index (χ3n) is 2.58. The summed E-state index contributed by atoms with van der Waals surface area (Å²) in [5, 5.41) is 13.1. The molecule has 0 radical (unpaired) electrons. The van der Waals surface area contributed by atoms with Gasteiger partial charge in [-0.2, -0.15) is 0 Å². The van der Waals surface area contributed by atoms with Gasteiger partial charge in [0.15, 0.2) is 0 Å². The van der Waals surface area contributed by atoms with Crippen molar-refractivity contribution in [3.8, 4) is 0 Å². The van der Waals surface area contributed by atoms with Crippen LogP contribution in [0.3, 0.4) is 0 Å². The molecular weight excluding hydrogens is 162 g/mol. The monoisotopic (exact) mass is 177 g/mol. The second-order valence-electron chi connectivity index (χ2n) is 3.55. The Hall–Kier alpha value is -0.860. The van der Waals surface area contributed by atoms with Crippen LogP contribution in [0.1, 0.15) is 24.4 Å². The molecule has 1 aliphatic heterocycles. The van der Waals surface area contributed by atoms with E-state index in [0.29, 0.717) is 0 Å². The van der Waals surface area contributed by atoms with Gasteiger partial charge in [0.2, 0.25) is 0 Å². The van der Waals surface area contributed by atoms with Crippen molar-refractivity contribution in [3.05, 3.63) is 35.9 Å². The van der Waals surface area contributed by atoms with Crippen LogP contribution in [0.25, 0.3) is 0 Å². The number of rotatable bonds is 1. The zero-order valence-corrected chi connectivity index (χ0v) is 7.61. The van der Waals surface area contributed by atoms with Crippen LogP contribution in [-0.4, -0.2) is 17.8 Å². The smallest absolute Gasteiger partial charge is 0.0735 e. The van der Waals surface area contributed by atoms with E-state index in [0.717, 1.165) is 19.4 Å². The van der Waals surface area contributed by atoms with Crippen LogP contribution in [-0.2, 0) is 0 Å². The van der Waals surface area contributed by atoms with Crippen LogP contribution in [0, 0.1) is 0 Å². The van der Waals surface area contributed by atoms with Crippen molar-refractivity contribution in [2.24, 2.45) is 0 Å². The molecule has 0 saturated carbocycles. The minimum absolute atomic E-state index is 0.134. The van der Waals surface area contributed by atoms with Crippen LogP contribution in [0.5, 0.6) is 0 Å². The summed E-state index contributed by atoms with van der Waals surface area (Å²) >= 11 is 0. The molecule has 0 aliphatic carbocycles. The first kappa shape index (κ1) is 8.73. The highest BCUT2D eigenvalue weighted by Crippen LogP contribution is 2.22. The lowest BCUT2D eigenvalue weighted by Gasteiger charge is -2.29. The molecule has 1 aliphatic rings. The van der Waals surface area contributed by atoms with E-state index in [1.54, 1.807) is 0 Å². The van der Waals surface area contributed by atoms with Crippen molar-refractivity contribution in [2.75, 3.05) is 6.54 Å². The molecular formula is C11H15NO. The average molecular weight is 177 g/mol. The topological polar surface area (TPSA) is 32.3 Å². The first-order valence-corrected chi connectivity index (χ1v) is 4.84. The molecule has 1 fully saturated rings. The van der Waals surface area contributed by atoms with E-state index in [1.807, 2.05) is 18.2 Å². The SMILES string of the molecule is OC1CCCN[C@H]1c1ccccc1. The average Bonchev–Trinajstić information content (AvgIpc) is 2.20.